The molecule has 0 saturated heterocycles. The molecule has 3 aromatic rings. The van der Waals surface area contributed by atoms with Crippen molar-refractivity contribution in [3.05, 3.63) is 44.7 Å². The summed E-state index contributed by atoms with van der Waals surface area (Å²) in [5, 5.41) is 5.24. The van der Waals surface area contributed by atoms with Crippen LogP contribution in [0.5, 0.6) is 0 Å². The van der Waals surface area contributed by atoms with Crippen LogP contribution in [-0.4, -0.2) is 19.7 Å². The number of thioether (sulfide) groups is 1. The predicted octanol–water partition coefficient (Wildman–Crippen LogP) is 4.59. The second kappa shape index (κ2) is 8.81. The van der Waals surface area contributed by atoms with Crippen LogP contribution >= 0.6 is 27.7 Å². The van der Waals surface area contributed by atoms with Crippen LogP contribution in [0.3, 0.4) is 0 Å². The maximum Gasteiger partial charge on any atom is 0.262 e. The summed E-state index contributed by atoms with van der Waals surface area (Å²) in [5.41, 5.74) is 0.696. The number of halogens is 1. The van der Waals surface area contributed by atoms with Crippen molar-refractivity contribution in [1.29, 1.82) is 0 Å². The molecular weight excluding hydrogens is 416 g/mol. The Morgan fingerprint density at radius 2 is 2.08 bits per heavy atom. The second-order valence-electron chi connectivity index (χ2n) is 5.97. The average Bonchev–Trinajstić information content (AvgIpc) is 3.11. The van der Waals surface area contributed by atoms with Gasteiger partial charge in [0.25, 0.3) is 5.56 Å². The lowest BCUT2D eigenvalue weighted by Gasteiger charge is -2.12. The summed E-state index contributed by atoms with van der Waals surface area (Å²) in [4.78, 5) is 22.0. The van der Waals surface area contributed by atoms with E-state index in [2.05, 4.69) is 33.0 Å². The van der Waals surface area contributed by atoms with Gasteiger partial charge in [-0.05, 0) is 24.6 Å². The lowest BCUT2D eigenvalue weighted by Crippen LogP contribution is -2.23. The number of unbranched alkanes of at least 4 members (excludes halogenated alkanes) is 2. The Hall–Kier alpha value is -1.67. The molecular formula is C18H21BrN4O2S. The quantitative estimate of drug-likeness (QED) is 0.292. The fourth-order valence-electron chi connectivity index (χ4n) is 2.62. The highest BCUT2D eigenvalue weighted by atomic mass is 79.9. The number of aryl methyl sites for hydroxylation is 1. The van der Waals surface area contributed by atoms with E-state index in [0.717, 1.165) is 30.2 Å². The highest BCUT2D eigenvalue weighted by molar-refractivity contribution is 9.10. The minimum Gasteiger partial charge on any atom is -0.338 e. The first-order chi connectivity index (χ1) is 12.6. The average molecular weight is 437 g/mol. The monoisotopic (exact) mass is 436 g/mol. The van der Waals surface area contributed by atoms with Gasteiger partial charge in [-0.3, -0.25) is 9.36 Å². The van der Waals surface area contributed by atoms with E-state index < -0.39 is 0 Å². The predicted molar refractivity (Wildman–Crippen MR) is 106 cm³/mol. The molecule has 0 radical (unpaired) electrons. The Morgan fingerprint density at radius 1 is 1.23 bits per heavy atom. The lowest BCUT2D eigenvalue weighted by atomic mass is 10.2. The standard InChI is InChI=1S/C18H21BrN4O2S/c1-3-5-6-9-23-17(24)13-10-12(19)7-8-14(13)20-18(23)26-11-16-21-15(4-2)22-25-16/h7-8,10H,3-6,9,11H2,1-2H3. The number of rotatable bonds is 8. The molecule has 0 aliphatic rings. The third kappa shape index (κ3) is 4.35. The molecule has 2 heterocycles. The molecule has 0 saturated carbocycles. The number of fused-ring (bicyclic) bond motifs is 1. The van der Waals surface area contributed by atoms with Crippen LogP contribution in [-0.2, 0) is 18.7 Å². The summed E-state index contributed by atoms with van der Waals surface area (Å²) in [6.07, 6.45) is 3.87. The van der Waals surface area contributed by atoms with E-state index in [1.54, 1.807) is 4.57 Å². The summed E-state index contributed by atoms with van der Waals surface area (Å²) in [6.45, 7) is 4.79. The summed E-state index contributed by atoms with van der Waals surface area (Å²) in [7, 11) is 0. The Labute approximate surface area is 164 Å². The van der Waals surface area contributed by atoms with Crippen LogP contribution in [0.2, 0.25) is 0 Å². The smallest absolute Gasteiger partial charge is 0.262 e. The molecule has 0 atom stereocenters. The first-order valence-corrected chi connectivity index (χ1v) is 10.5. The van der Waals surface area contributed by atoms with Crippen LogP contribution in [0.25, 0.3) is 10.9 Å². The number of aromatic nitrogens is 4. The van der Waals surface area contributed by atoms with Gasteiger partial charge in [-0.15, -0.1) is 0 Å². The molecule has 8 heteroatoms. The summed E-state index contributed by atoms with van der Waals surface area (Å²) in [5.74, 6) is 1.74. The van der Waals surface area contributed by atoms with Crippen LogP contribution in [0.15, 0.2) is 37.1 Å². The molecule has 0 bridgehead atoms. The Bertz CT molecular complexity index is 954. The molecule has 0 aliphatic heterocycles. The van der Waals surface area contributed by atoms with Crippen LogP contribution < -0.4 is 5.56 Å². The highest BCUT2D eigenvalue weighted by Crippen LogP contribution is 2.23. The van der Waals surface area contributed by atoms with Gasteiger partial charge >= 0.3 is 0 Å². The molecule has 3 rings (SSSR count). The first-order valence-electron chi connectivity index (χ1n) is 8.76. The summed E-state index contributed by atoms with van der Waals surface area (Å²) in [6, 6.07) is 5.60. The van der Waals surface area contributed by atoms with Gasteiger partial charge in [-0.1, -0.05) is 59.5 Å². The molecule has 138 valence electrons. The van der Waals surface area contributed by atoms with Crippen molar-refractivity contribution in [2.45, 2.75) is 57.0 Å². The molecule has 0 N–H and O–H groups in total. The van der Waals surface area contributed by atoms with E-state index in [1.165, 1.54) is 11.8 Å². The van der Waals surface area contributed by atoms with Crippen LogP contribution in [0, 0.1) is 0 Å². The van der Waals surface area contributed by atoms with Crippen molar-refractivity contribution in [1.82, 2.24) is 19.7 Å². The minimum atomic E-state index is -0.00493. The molecule has 6 nitrogen and oxygen atoms in total. The van der Waals surface area contributed by atoms with Gasteiger partial charge in [0.05, 0.1) is 16.7 Å². The zero-order valence-corrected chi connectivity index (χ0v) is 17.3. The van der Waals surface area contributed by atoms with Crippen molar-refractivity contribution in [3.8, 4) is 0 Å². The van der Waals surface area contributed by atoms with Gasteiger partial charge in [0.2, 0.25) is 5.89 Å². The van der Waals surface area contributed by atoms with Crippen molar-refractivity contribution in [2.24, 2.45) is 0 Å². The Kier molecular flexibility index (Phi) is 6.48. The van der Waals surface area contributed by atoms with Gasteiger partial charge in [0, 0.05) is 17.4 Å². The zero-order valence-electron chi connectivity index (χ0n) is 14.9. The SMILES string of the molecule is CCCCCn1c(SCc2nc(CC)no2)nc2ccc(Br)cc2c1=O. The molecule has 0 fully saturated rings. The van der Waals surface area contributed by atoms with E-state index >= 15 is 0 Å². The second-order valence-corrected chi connectivity index (χ2v) is 7.82. The van der Waals surface area contributed by atoms with E-state index in [1.807, 2.05) is 25.1 Å². The van der Waals surface area contributed by atoms with E-state index in [-0.39, 0.29) is 5.56 Å². The van der Waals surface area contributed by atoms with Crippen LogP contribution in [0.1, 0.15) is 44.8 Å². The normalized spacial score (nSPS) is 11.3. The van der Waals surface area contributed by atoms with E-state index in [4.69, 9.17) is 9.51 Å². The lowest BCUT2D eigenvalue weighted by molar-refractivity contribution is 0.385. The molecule has 0 unspecified atom stereocenters. The number of nitrogens with zero attached hydrogens (tertiary/aromatic N) is 4. The van der Waals surface area contributed by atoms with Gasteiger partial charge in [-0.25, -0.2) is 4.98 Å². The fourth-order valence-corrected chi connectivity index (χ4v) is 3.84. The maximum absolute atomic E-state index is 13.0. The van der Waals surface area contributed by atoms with E-state index in [9.17, 15) is 4.79 Å². The van der Waals surface area contributed by atoms with Gasteiger partial charge < -0.3 is 4.52 Å². The van der Waals surface area contributed by atoms with Gasteiger partial charge in [-0.2, -0.15) is 4.98 Å². The van der Waals surface area contributed by atoms with Crippen molar-refractivity contribution >= 4 is 38.6 Å². The highest BCUT2D eigenvalue weighted by Gasteiger charge is 2.14. The van der Waals surface area contributed by atoms with Crippen molar-refractivity contribution in [3.63, 3.8) is 0 Å². The van der Waals surface area contributed by atoms with Gasteiger partial charge in [0.15, 0.2) is 11.0 Å². The molecule has 0 aliphatic carbocycles. The van der Waals surface area contributed by atoms with Crippen molar-refractivity contribution < 1.29 is 4.52 Å². The van der Waals surface area contributed by atoms with Gasteiger partial charge in [0.1, 0.15) is 0 Å². The summed E-state index contributed by atoms with van der Waals surface area (Å²) < 4.78 is 7.89. The Balaban J connectivity index is 1.93. The third-order valence-corrected chi connectivity index (χ3v) is 5.47. The molecule has 2 aromatic heterocycles. The Morgan fingerprint density at radius 3 is 2.81 bits per heavy atom. The number of hydrogen-bond donors (Lipinski definition) is 0. The van der Waals surface area contributed by atoms with Crippen LogP contribution in [0.4, 0.5) is 0 Å². The zero-order chi connectivity index (χ0) is 18.5. The topological polar surface area (TPSA) is 73.8 Å². The fraction of sp³-hybridized carbons (Fsp3) is 0.444. The molecule has 0 amide bonds. The molecule has 1 aromatic carbocycles. The van der Waals surface area contributed by atoms with E-state index in [0.29, 0.717) is 40.1 Å². The summed E-state index contributed by atoms with van der Waals surface area (Å²) >= 11 is 4.89. The largest absolute Gasteiger partial charge is 0.338 e. The molecule has 26 heavy (non-hydrogen) atoms. The minimum absolute atomic E-state index is 0.00493. The molecule has 0 spiro atoms. The van der Waals surface area contributed by atoms with Crippen molar-refractivity contribution in [2.75, 3.05) is 0 Å². The first kappa shape index (κ1) is 19.1. The number of hydrogen-bond acceptors (Lipinski definition) is 6. The number of benzene rings is 1. The third-order valence-electron chi connectivity index (χ3n) is 4.02. The maximum atomic E-state index is 13.0.